The number of aromatic nitrogens is 1. The summed E-state index contributed by atoms with van der Waals surface area (Å²) < 4.78 is 0. The summed E-state index contributed by atoms with van der Waals surface area (Å²) in [5.41, 5.74) is 7.22. The van der Waals surface area contributed by atoms with Crippen molar-refractivity contribution in [1.29, 1.82) is 0 Å². The zero-order valence-corrected chi connectivity index (χ0v) is 11.3. The van der Waals surface area contributed by atoms with Gasteiger partial charge in [0.1, 0.15) is 0 Å². The van der Waals surface area contributed by atoms with Gasteiger partial charge >= 0.3 is 0 Å². The Balaban J connectivity index is 2.71. The lowest BCUT2D eigenvalue weighted by molar-refractivity contribution is 0.862. The SMILES string of the molecule is CCCc1cc(NN)c2cccc(C(C)C)c2n1. The molecule has 0 unspecified atom stereocenters. The van der Waals surface area contributed by atoms with E-state index in [-0.39, 0.29) is 0 Å². The Kier molecular flexibility index (Phi) is 3.82. The molecule has 0 saturated carbocycles. The summed E-state index contributed by atoms with van der Waals surface area (Å²) in [6, 6.07) is 8.34. The lowest BCUT2D eigenvalue weighted by atomic mass is 9.98. The van der Waals surface area contributed by atoms with Gasteiger partial charge in [-0.15, -0.1) is 0 Å². The van der Waals surface area contributed by atoms with E-state index < -0.39 is 0 Å². The topological polar surface area (TPSA) is 50.9 Å². The average molecular weight is 243 g/mol. The van der Waals surface area contributed by atoms with Gasteiger partial charge in [-0.3, -0.25) is 10.8 Å². The molecule has 1 heterocycles. The first-order valence-corrected chi connectivity index (χ1v) is 6.56. The van der Waals surface area contributed by atoms with Crippen LogP contribution in [-0.2, 0) is 6.42 Å². The molecule has 2 aromatic rings. The third-order valence-electron chi connectivity index (χ3n) is 3.21. The summed E-state index contributed by atoms with van der Waals surface area (Å²) in [6.07, 6.45) is 2.07. The maximum atomic E-state index is 5.63. The van der Waals surface area contributed by atoms with Gasteiger partial charge in [0.2, 0.25) is 0 Å². The van der Waals surface area contributed by atoms with E-state index in [1.807, 2.05) is 0 Å². The molecule has 0 bridgehead atoms. The number of fused-ring (bicyclic) bond motifs is 1. The highest BCUT2D eigenvalue weighted by Crippen LogP contribution is 2.29. The van der Waals surface area contributed by atoms with Crippen LogP contribution in [0, 0.1) is 0 Å². The third-order valence-corrected chi connectivity index (χ3v) is 3.21. The summed E-state index contributed by atoms with van der Waals surface area (Å²) in [6.45, 7) is 6.55. The van der Waals surface area contributed by atoms with Gasteiger partial charge in [0.25, 0.3) is 0 Å². The molecular weight excluding hydrogens is 222 g/mol. The van der Waals surface area contributed by atoms with E-state index in [0.29, 0.717) is 5.92 Å². The molecule has 0 aliphatic carbocycles. The summed E-state index contributed by atoms with van der Waals surface area (Å²) in [5, 5.41) is 1.10. The first kappa shape index (κ1) is 12.8. The number of hydrogen-bond acceptors (Lipinski definition) is 3. The molecule has 0 fully saturated rings. The Morgan fingerprint density at radius 1 is 1.33 bits per heavy atom. The van der Waals surface area contributed by atoms with Crippen LogP contribution in [0.5, 0.6) is 0 Å². The van der Waals surface area contributed by atoms with E-state index in [1.165, 1.54) is 5.56 Å². The zero-order chi connectivity index (χ0) is 13.1. The number of hydrogen-bond donors (Lipinski definition) is 2. The number of para-hydroxylation sites is 1. The van der Waals surface area contributed by atoms with E-state index >= 15 is 0 Å². The van der Waals surface area contributed by atoms with Gasteiger partial charge in [-0.2, -0.15) is 0 Å². The Hall–Kier alpha value is -1.61. The van der Waals surface area contributed by atoms with Crippen LogP contribution in [0.4, 0.5) is 5.69 Å². The molecule has 1 aromatic carbocycles. The Morgan fingerprint density at radius 2 is 2.11 bits per heavy atom. The summed E-state index contributed by atoms with van der Waals surface area (Å²) in [7, 11) is 0. The lowest BCUT2D eigenvalue weighted by Crippen LogP contribution is -2.09. The molecule has 2 rings (SSSR count). The second kappa shape index (κ2) is 5.36. The van der Waals surface area contributed by atoms with Crippen molar-refractivity contribution in [2.75, 3.05) is 5.43 Å². The normalized spacial score (nSPS) is 11.2. The molecule has 3 heteroatoms. The number of nitrogens with two attached hydrogens (primary N) is 1. The molecule has 0 aliphatic rings. The Labute approximate surface area is 108 Å². The smallest absolute Gasteiger partial charge is 0.0761 e. The molecule has 0 aliphatic heterocycles. The van der Waals surface area contributed by atoms with Gasteiger partial charge in [-0.1, -0.05) is 45.4 Å². The average Bonchev–Trinajstić information content (AvgIpc) is 2.37. The second-order valence-electron chi connectivity index (χ2n) is 4.95. The number of hydrazine groups is 1. The van der Waals surface area contributed by atoms with Crippen molar-refractivity contribution in [3.05, 3.63) is 35.5 Å². The molecule has 0 radical (unpaired) electrons. The number of aryl methyl sites for hydroxylation is 1. The number of anilines is 1. The molecule has 3 N–H and O–H groups in total. The van der Waals surface area contributed by atoms with Crippen LogP contribution in [0.3, 0.4) is 0 Å². The van der Waals surface area contributed by atoms with Crippen LogP contribution < -0.4 is 11.3 Å². The van der Waals surface area contributed by atoms with Crippen molar-refractivity contribution in [3.8, 4) is 0 Å². The van der Waals surface area contributed by atoms with Crippen LogP contribution >= 0.6 is 0 Å². The van der Waals surface area contributed by atoms with Crippen LogP contribution in [-0.4, -0.2) is 4.98 Å². The highest BCUT2D eigenvalue weighted by Gasteiger charge is 2.10. The van der Waals surface area contributed by atoms with Crippen molar-refractivity contribution in [1.82, 2.24) is 4.98 Å². The molecule has 0 spiro atoms. The van der Waals surface area contributed by atoms with Crippen molar-refractivity contribution in [2.45, 2.75) is 39.5 Å². The summed E-state index contributed by atoms with van der Waals surface area (Å²) in [5.74, 6) is 6.09. The fourth-order valence-electron chi connectivity index (χ4n) is 2.29. The molecule has 0 amide bonds. The van der Waals surface area contributed by atoms with Crippen LogP contribution in [0.1, 0.15) is 44.4 Å². The fourth-order valence-corrected chi connectivity index (χ4v) is 2.29. The number of rotatable bonds is 4. The minimum atomic E-state index is 0.462. The fraction of sp³-hybridized carbons (Fsp3) is 0.400. The van der Waals surface area contributed by atoms with Gasteiger partial charge < -0.3 is 5.43 Å². The molecular formula is C15H21N3. The van der Waals surface area contributed by atoms with E-state index in [4.69, 9.17) is 10.8 Å². The maximum Gasteiger partial charge on any atom is 0.0761 e. The highest BCUT2D eigenvalue weighted by atomic mass is 15.2. The molecule has 1 aromatic heterocycles. The van der Waals surface area contributed by atoms with Crippen LogP contribution in [0.15, 0.2) is 24.3 Å². The van der Waals surface area contributed by atoms with Crippen molar-refractivity contribution < 1.29 is 0 Å². The minimum Gasteiger partial charge on any atom is -0.323 e. The van der Waals surface area contributed by atoms with Crippen molar-refractivity contribution >= 4 is 16.6 Å². The second-order valence-corrected chi connectivity index (χ2v) is 4.95. The number of nitrogens with zero attached hydrogens (tertiary/aromatic N) is 1. The van der Waals surface area contributed by atoms with Crippen LogP contribution in [0.25, 0.3) is 10.9 Å². The number of nitrogens with one attached hydrogen (secondary N) is 1. The predicted octanol–water partition coefficient (Wildman–Crippen LogP) is 3.60. The van der Waals surface area contributed by atoms with Crippen LogP contribution in [0.2, 0.25) is 0 Å². The Morgan fingerprint density at radius 3 is 2.72 bits per heavy atom. The van der Waals surface area contributed by atoms with E-state index in [1.54, 1.807) is 0 Å². The molecule has 0 saturated heterocycles. The number of nitrogen functional groups attached to an aromatic ring is 1. The summed E-state index contributed by atoms with van der Waals surface area (Å²) >= 11 is 0. The van der Waals surface area contributed by atoms with Crippen molar-refractivity contribution in [2.24, 2.45) is 5.84 Å². The molecule has 0 atom stereocenters. The molecule has 96 valence electrons. The monoisotopic (exact) mass is 243 g/mol. The lowest BCUT2D eigenvalue weighted by Gasteiger charge is -2.13. The van der Waals surface area contributed by atoms with E-state index in [0.717, 1.165) is 35.1 Å². The van der Waals surface area contributed by atoms with Gasteiger partial charge in [0.15, 0.2) is 0 Å². The van der Waals surface area contributed by atoms with E-state index in [9.17, 15) is 0 Å². The number of benzene rings is 1. The third kappa shape index (κ3) is 2.31. The van der Waals surface area contributed by atoms with Gasteiger partial charge in [0.05, 0.1) is 11.2 Å². The molecule has 18 heavy (non-hydrogen) atoms. The van der Waals surface area contributed by atoms with E-state index in [2.05, 4.69) is 50.5 Å². The maximum absolute atomic E-state index is 5.63. The standard InChI is InChI=1S/C15H21N3/c1-4-6-11-9-14(18-16)13-8-5-7-12(10(2)3)15(13)17-11/h5,7-10H,4,6,16H2,1-3H3,(H,17,18). The first-order valence-electron chi connectivity index (χ1n) is 6.56. The summed E-state index contributed by atoms with van der Waals surface area (Å²) in [4.78, 5) is 4.80. The number of pyridine rings is 1. The predicted molar refractivity (Wildman–Crippen MR) is 77.6 cm³/mol. The largest absolute Gasteiger partial charge is 0.323 e. The van der Waals surface area contributed by atoms with Gasteiger partial charge in [-0.05, 0) is 24.0 Å². The van der Waals surface area contributed by atoms with Gasteiger partial charge in [0, 0.05) is 11.1 Å². The van der Waals surface area contributed by atoms with Crippen molar-refractivity contribution in [3.63, 3.8) is 0 Å². The Bertz CT molecular complexity index is 547. The highest BCUT2D eigenvalue weighted by molar-refractivity contribution is 5.93. The van der Waals surface area contributed by atoms with Gasteiger partial charge in [-0.25, -0.2) is 0 Å². The zero-order valence-electron chi connectivity index (χ0n) is 11.3. The molecule has 3 nitrogen and oxygen atoms in total. The first-order chi connectivity index (χ1) is 8.67. The minimum absolute atomic E-state index is 0.462. The quantitative estimate of drug-likeness (QED) is 0.637.